The van der Waals surface area contributed by atoms with Crippen molar-refractivity contribution in [3.05, 3.63) is 59.8 Å². The second-order valence-electron chi connectivity index (χ2n) is 7.23. The molecule has 1 aromatic carbocycles. The van der Waals surface area contributed by atoms with Crippen molar-refractivity contribution in [2.24, 2.45) is 0 Å². The first-order valence-electron chi connectivity index (χ1n) is 9.58. The number of hydrogen-bond donors (Lipinski definition) is 2. The first kappa shape index (κ1) is 19.3. The minimum Gasteiger partial charge on any atom is -0.375 e. The zero-order valence-corrected chi connectivity index (χ0v) is 17.3. The summed E-state index contributed by atoms with van der Waals surface area (Å²) in [4.78, 5) is 27.4. The Morgan fingerprint density at radius 2 is 2.13 bits per heavy atom. The smallest absolute Gasteiger partial charge is 0.258 e. The highest BCUT2D eigenvalue weighted by atomic mass is 32.1. The lowest BCUT2D eigenvalue weighted by Gasteiger charge is -2.21. The lowest BCUT2D eigenvalue weighted by molar-refractivity contribution is -0.143. The molecular weight excluding hydrogens is 416 g/mol. The third-order valence-electron chi connectivity index (χ3n) is 5.20. The summed E-state index contributed by atoms with van der Waals surface area (Å²) in [6, 6.07) is 10.8. The van der Waals surface area contributed by atoms with Crippen LogP contribution in [-0.2, 0) is 10.4 Å². The molecule has 156 valence electrons. The van der Waals surface area contributed by atoms with Crippen LogP contribution < -0.4 is 5.32 Å². The van der Waals surface area contributed by atoms with Gasteiger partial charge in [-0.1, -0.05) is 23.4 Å². The number of hydrogen-bond acceptors (Lipinski definition) is 9. The number of carbonyl (C=O) groups is 1. The van der Waals surface area contributed by atoms with Crippen molar-refractivity contribution in [2.75, 3.05) is 18.9 Å². The number of thiazole rings is 1. The Hall–Kier alpha value is -3.63. The van der Waals surface area contributed by atoms with Crippen molar-refractivity contribution in [1.82, 2.24) is 25.0 Å². The second-order valence-corrected chi connectivity index (χ2v) is 8.09. The van der Waals surface area contributed by atoms with Gasteiger partial charge in [0.25, 0.3) is 5.91 Å². The zero-order chi connectivity index (χ0) is 21.4. The van der Waals surface area contributed by atoms with Crippen molar-refractivity contribution in [3.8, 4) is 22.0 Å². The van der Waals surface area contributed by atoms with E-state index in [1.54, 1.807) is 36.3 Å². The first-order valence-corrected chi connectivity index (χ1v) is 10.5. The third-order valence-corrected chi connectivity index (χ3v) is 6.09. The lowest BCUT2D eigenvalue weighted by Crippen LogP contribution is -2.36. The van der Waals surface area contributed by atoms with Crippen LogP contribution in [0.25, 0.3) is 22.0 Å². The summed E-state index contributed by atoms with van der Waals surface area (Å²) in [7, 11) is 1.70. The summed E-state index contributed by atoms with van der Waals surface area (Å²) in [6.07, 6.45) is 3.47. The molecular formula is C21H18N6O3S. The summed E-state index contributed by atoms with van der Waals surface area (Å²) < 4.78 is 4.80. The predicted octanol–water partition coefficient (Wildman–Crippen LogP) is 3.05. The molecule has 0 aliphatic carbocycles. The van der Waals surface area contributed by atoms with Crippen molar-refractivity contribution in [1.29, 1.82) is 0 Å². The predicted molar refractivity (Wildman–Crippen MR) is 115 cm³/mol. The molecule has 31 heavy (non-hydrogen) atoms. The summed E-state index contributed by atoms with van der Waals surface area (Å²) in [5.41, 5.74) is 1.29. The molecule has 1 saturated heterocycles. The topological polar surface area (TPSA) is 117 Å². The Kier molecular flexibility index (Phi) is 4.72. The Bertz CT molecular complexity index is 1240. The molecule has 0 unspecified atom stereocenters. The van der Waals surface area contributed by atoms with Crippen LogP contribution >= 0.6 is 11.3 Å². The van der Waals surface area contributed by atoms with Gasteiger partial charge in [-0.05, 0) is 17.7 Å². The number of aliphatic hydroxyl groups is 1. The summed E-state index contributed by atoms with van der Waals surface area (Å²) in [6.45, 7) is 0.527. The largest absolute Gasteiger partial charge is 0.375 e. The molecule has 1 atom stereocenters. The van der Waals surface area contributed by atoms with Crippen LogP contribution in [0.3, 0.4) is 0 Å². The first-order chi connectivity index (χ1) is 15.0. The van der Waals surface area contributed by atoms with Gasteiger partial charge in [0, 0.05) is 43.2 Å². The van der Waals surface area contributed by atoms with E-state index in [4.69, 9.17) is 9.51 Å². The van der Waals surface area contributed by atoms with Crippen LogP contribution in [-0.4, -0.2) is 49.6 Å². The van der Waals surface area contributed by atoms with E-state index in [2.05, 4.69) is 20.4 Å². The number of likely N-dealkylation sites (N-methyl/N-ethyl adjacent to an activating group) is 1. The van der Waals surface area contributed by atoms with Crippen LogP contribution in [0.1, 0.15) is 12.0 Å². The Morgan fingerprint density at radius 1 is 1.23 bits per heavy atom. The highest BCUT2D eigenvalue weighted by molar-refractivity contribution is 7.13. The van der Waals surface area contributed by atoms with Crippen LogP contribution in [0.4, 0.5) is 11.8 Å². The molecule has 5 rings (SSSR count). The molecule has 1 aliphatic heterocycles. The summed E-state index contributed by atoms with van der Waals surface area (Å²) in [5, 5.41) is 20.4. The molecule has 0 spiro atoms. The minimum absolute atomic E-state index is 0.280. The van der Waals surface area contributed by atoms with Gasteiger partial charge in [0.05, 0.1) is 5.69 Å². The van der Waals surface area contributed by atoms with E-state index in [0.717, 1.165) is 10.6 Å². The van der Waals surface area contributed by atoms with Gasteiger partial charge in [0.15, 0.2) is 11.4 Å². The maximum absolute atomic E-state index is 12.4. The number of carbonyl (C=O) groups excluding carboxylic acids is 1. The van der Waals surface area contributed by atoms with Gasteiger partial charge in [-0.15, -0.1) is 11.3 Å². The van der Waals surface area contributed by atoms with E-state index in [-0.39, 0.29) is 5.91 Å². The molecule has 1 amide bonds. The monoisotopic (exact) mass is 434 g/mol. The van der Waals surface area contributed by atoms with Crippen molar-refractivity contribution in [3.63, 3.8) is 0 Å². The average molecular weight is 434 g/mol. The molecule has 2 N–H and O–H groups in total. The Balaban J connectivity index is 1.42. The van der Waals surface area contributed by atoms with Crippen molar-refractivity contribution < 1.29 is 14.4 Å². The van der Waals surface area contributed by atoms with Gasteiger partial charge in [0.1, 0.15) is 17.0 Å². The number of likely N-dealkylation sites (tertiary alicyclic amines) is 1. The van der Waals surface area contributed by atoms with Gasteiger partial charge in [-0.3, -0.25) is 4.79 Å². The number of nitrogens with one attached hydrogen (secondary N) is 1. The van der Waals surface area contributed by atoms with Crippen LogP contribution in [0, 0.1) is 0 Å². The molecule has 9 nitrogen and oxygen atoms in total. The van der Waals surface area contributed by atoms with Gasteiger partial charge < -0.3 is 19.8 Å². The molecule has 1 fully saturated rings. The lowest BCUT2D eigenvalue weighted by atomic mass is 9.91. The number of rotatable bonds is 5. The summed E-state index contributed by atoms with van der Waals surface area (Å²) in [5.74, 6) is 0.615. The van der Waals surface area contributed by atoms with Gasteiger partial charge in [-0.25, -0.2) is 15.0 Å². The second kappa shape index (κ2) is 7.56. The van der Waals surface area contributed by atoms with E-state index < -0.39 is 5.60 Å². The molecule has 3 aromatic heterocycles. The van der Waals surface area contributed by atoms with Crippen LogP contribution in [0.2, 0.25) is 0 Å². The van der Waals surface area contributed by atoms with Gasteiger partial charge in [-0.2, -0.15) is 0 Å². The van der Waals surface area contributed by atoms with Gasteiger partial charge in [0.2, 0.25) is 5.95 Å². The van der Waals surface area contributed by atoms with E-state index in [0.29, 0.717) is 41.7 Å². The minimum atomic E-state index is -1.49. The maximum Gasteiger partial charge on any atom is 0.258 e. The van der Waals surface area contributed by atoms with Crippen LogP contribution in [0.15, 0.2) is 58.8 Å². The normalized spacial score (nSPS) is 18.5. The molecule has 1 aliphatic rings. The number of anilines is 2. The molecule has 4 heterocycles. The highest BCUT2D eigenvalue weighted by Gasteiger charge is 2.45. The number of aromatic nitrogens is 4. The fourth-order valence-electron chi connectivity index (χ4n) is 3.51. The maximum atomic E-state index is 12.4. The third kappa shape index (κ3) is 3.56. The number of nitrogens with zero attached hydrogens (tertiary/aromatic N) is 5. The highest BCUT2D eigenvalue weighted by Crippen LogP contribution is 2.36. The Morgan fingerprint density at radius 3 is 2.90 bits per heavy atom. The fraction of sp³-hybridized carbons (Fsp3) is 0.190. The van der Waals surface area contributed by atoms with E-state index in [1.807, 2.05) is 23.6 Å². The van der Waals surface area contributed by atoms with Crippen molar-refractivity contribution >= 4 is 29.0 Å². The van der Waals surface area contributed by atoms with Crippen molar-refractivity contribution in [2.45, 2.75) is 12.0 Å². The van der Waals surface area contributed by atoms with E-state index in [1.165, 1.54) is 17.6 Å². The molecule has 0 bridgehead atoms. The molecule has 0 saturated carbocycles. The number of amides is 1. The summed E-state index contributed by atoms with van der Waals surface area (Å²) >= 11 is 1.46. The van der Waals surface area contributed by atoms with E-state index >= 15 is 0 Å². The fourth-order valence-corrected chi connectivity index (χ4v) is 4.32. The molecule has 10 heteroatoms. The number of benzene rings is 1. The van der Waals surface area contributed by atoms with Crippen LogP contribution in [0.5, 0.6) is 0 Å². The molecule has 4 aromatic rings. The SMILES string of the molecule is CN1CC[C@@](O)(c2cccc(-c3nc(-c4ccnc(Nc5ccon5)n4)cs3)c2)C1=O. The Labute approximate surface area is 181 Å². The molecule has 0 radical (unpaired) electrons. The quantitative estimate of drug-likeness (QED) is 0.492. The zero-order valence-electron chi connectivity index (χ0n) is 16.5. The van der Waals surface area contributed by atoms with Gasteiger partial charge >= 0.3 is 0 Å². The van der Waals surface area contributed by atoms with E-state index in [9.17, 15) is 9.90 Å². The standard InChI is InChI=1S/C21H18N6O3S/c1-27-9-7-21(29,19(27)28)14-4-2-3-13(11-14)18-23-16(12-31-18)15-5-8-22-20(24-15)25-17-6-10-30-26-17/h2-6,8,10-12,29H,7,9H2,1H3,(H,22,24,25,26)/t21-/m1/s1. The average Bonchev–Trinajstić information content (AvgIpc) is 3.54.